The molecule has 0 aromatic rings. The van der Waals surface area contributed by atoms with E-state index in [1.165, 1.54) is 64.2 Å². The summed E-state index contributed by atoms with van der Waals surface area (Å²) in [6.45, 7) is 4.47. The van der Waals surface area contributed by atoms with Crippen molar-refractivity contribution in [3.8, 4) is 0 Å². The molecule has 0 unspecified atom stereocenters. The van der Waals surface area contributed by atoms with E-state index in [-0.39, 0.29) is 7.56 Å². The van der Waals surface area contributed by atoms with Crippen LogP contribution in [0.25, 0.3) is 0 Å². The minimum absolute atomic E-state index is 0.0957. The summed E-state index contributed by atoms with van der Waals surface area (Å²) in [5, 5.41) is 0. The Labute approximate surface area is 109 Å². The first kappa shape index (κ1) is 17.0. The predicted molar refractivity (Wildman–Crippen MR) is 78.8 cm³/mol. The maximum atomic E-state index is 12.8. The lowest BCUT2D eigenvalue weighted by atomic mass is 9.75. The van der Waals surface area contributed by atoms with E-state index in [2.05, 4.69) is 13.8 Å². The number of halogens is 1. The Morgan fingerprint density at radius 3 is 1.47 bits per heavy atom. The summed E-state index contributed by atoms with van der Waals surface area (Å²) in [6, 6.07) is 0. The maximum Gasteiger partial charge on any atom is 0.334 e. The molecule has 0 aromatic heterocycles. The van der Waals surface area contributed by atoms with Crippen molar-refractivity contribution in [3.63, 3.8) is 0 Å². The zero-order valence-electron chi connectivity index (χ0n) is 12.1. The Hall–Kier alpha value is -0.00506. The van der Waals surface area contributed by atoms with Gasteiger partial charge < -0.3 is 4.32 Å². The maximum absolute atomic E-state index is 12.8. The Kier molecular flexibility index (Phi) is 14.1. The third kappa shape index (κ3) is 12.2. The van der Waals surface area contributed by atoms with E-state index in [9.17, 15) is 4.32 Å². The molecule has 0 bridgehead atoms. The van der Waals surface area contributed by atoms with Crippen LogP contribution in [0.4, 0.5) is 4.32 Å². The fourth-order valence-electron chi connectivity index (χ4n) is 2.37. The molecule has 102 valence electrons. The fourth-order valence-corrected chi connectivity index (χ4v) is 2.37. The van der Waals surface area contributed by atoms with Gasteiger partial charge in [-0.2, -0.15) is 0 Å². The van der Waals surface area contributed by atoms with Crippen LogP contribution in [0.15, 0.2) is 0 Å². The van der Waals surface area contributed by atoms with Gasteiger partial charge in [0.15, 0.2) is 0 Å². The van der Waals surface area contributed by atoms with E-state index in [1.54, 1.807) is 0 Å². The molecule has 0 aromatic carbocycles. The van der Waals surface area contributed by atoms with Crippen LogP contribution in [-0.2, 0) is 0 Å². The van der Waals surface area contributed by atoms with Crippen molar-refractivity contribution in [1.82, 2.24) is 0 Å². The molecule has 0 saturated carbocycles. The van der Waals surface area contributed by atoms with Crippen LogP contribution in [0.1, 0.15) is 90.9 Å². The summed E-state index contributed by atoms with van der Waals surface area (Å²) in [6.07, 6.45) is 15.3. The number of rotatable bonds is 13. The average molecular weight is 242 g/mol. The topological polar surface area (TPSA) is 0 Å². The van der Waals surface area contributed by atoms with Crippen LogP contribution in [0.2, 0.25) is 5.82 Å². The molecule has 0 atom stereocenters. The Morgan fingerprint density at radius 1 is 0.706 bits per heavy atom. The Balaban J connectivity index is 3.30. The molecule has 0 fully saturated rings. The fraction of sp³-hybridized carbons (Fsp3) is 1.00. The van der Waals surface area contributed by atoms with E-state index in [0.717, 1.165) is 12.8 Å². The van der Waals surface area contributed by atoms with E-state index < -0.39 is 0 Å². The van der Waals surface area contributed by atoms with Crippen molar-refractivity contribution in [2.45, 2.75) is 96.7 Å². The quantitative estimate of drug-likeness (QED) is 0.282. The average Bonchev–Trinajstić information content (AvgIpc) is 2.36. The molecule has 0 saturated heterocycles. The lowest BCUT2D eigenvalue weighted by molar-refractivity contribution is 0.529. The molecule has 0 radical (unpaired) electrons. The summed E-state index contributed by atoms with van der Waals surface area (Å²) in [5.74, 6) is 0.359. The summed E-state index contributed by atoms with van der Waals surface area (Å²) >= 11 is 0. The molecular formula is C15H32BF. The summed E-state index contributed by atoms with van der Waals surface area (Å²) in [7, 11) is -0.0957. The van der Waals surface area contributed by atoms with Crippen molar-refractivity contribution in [2.24, 2.45) is 0 Å². The highest BCUT2D eigenvalue weighted by Gasteiger charge is 2.09. The molecule has 0 aliphatic rings. The molecular weight excluding hydrogens is 210 g/mol. The summed E-state index contributed by atoms with van der Waals surface area (Å²) in [4.78, 5) is 0. The first-order valence-electron chi connectivity index (χ1n) is 7.91. The second-order valence-corrected chi connectivity index (χ2v) is 5.43. The SMILES string of the molecule is CCCCCCCC(BF)CCCCCCC. The summed E-state index contributed by atoms with van der Waals surface area (Å²) in [5.41, 5.74) is 0. The zero-order valence-corrected chi connectivity index (χ0v) is 12.1. The van der Waals surface area contributed by atoms with E-state index in [1.807, 2.05) is 0 Å². The molecule has 0 rings (SSSR count). The van der Waals surface area contributed by atoms with Crippen molar-refractivity contribution in [2.75, 3.05) is 0 Å². The minimum Gasteiger partial charge on any atom is -0.341 e. The Morgan fingerprint density at radius 2 is 1.12 bits per heavy atom. The second kappa shape index (κ2) is 14.1. The number of unbranched alkanes of at least 4 members (excludes halogenated alkanes) is 8. The van der Waals surface area contributed by atoms with Gasteiger partial charge in [0.2, 0.25) is 0 Å². The van der Waals surface area contributed by atoms with Gasteiger partial charge in [0.25, 0.3) is 0 Å². The molecule has 0 amide bonds. The molecule has 0 aliphatic carbocycles. The van der Waals surface area contributed by atoms with Gasteiger partial charge in [-0.15, -0.1) is 0 Å². The van der Waals surface area contributed by atoms with E-state index >= 15 is 0 Å². The van der Waals surface area contributed by atoms with Gasteiger partial charge in [-0.25, -0.2) is 0 Å². The monoisotopic (exact) mass is 242 g/mol. The molecule has 0 nitrogen and oxygen atoms in total. The second-order valence-electron chi connectivity index (χ2n) is 5.43. The molecule has 0 spiro atoms. The van der Waals surface area contributed by atoms with E-state index in [4.69, 9.17) is 0 Å². The molecule has 17 heavy (non-hydrogen) atoms. The van der Waals surface area contributed by atoms with Crippen LogP contribution < -0.4 is 0 Å². The van der Waals surface area contributed by atoms with Gasteiger partial charge in [-0.3, -0.25) is 0 Å². The van der Waals surface area contributed by atoms with Gasteiger partial charge in [-0.05, 0) is 5.82 Å². The van der Waals surface area contributed by atoms with Crippen LogP contribution in [0.3, 0.4) is 0 Å². The van der Waals surface area contributed by atoms with Crippen molar-refractivity contribution in [1.29, 1.82) is 0 Å². The third-order valence-corrected chi connectivity index (χ3v) is 3.65. The largest absolute Gasteiger partial charge is 0.341 e. The highest BCUT2D eigenvalue weighted by Crippen LogP contribution is 2.23. The first-order chi connectivity index (χ1) is 8.35. The summed E-state index contributed by atoms with van der Waals surface area (Å²) < 4.78 is 12.8. The van der Waals surface area contributed by atoms with Gasteiger partial charge in [0.05, 0.1) is 0 Å². The minimum atomic E-state index is -0.0957. The number of hydrogen-bond acceptors (Lipinski definition) is 0. The zero-order chi connectivity index (χ0) is 12.8. The van der Waals surface area contributed by atoms with Crippen molar-refractivity contribution >= 4 is 7.56 Å². The van der Waals surface area contributed by atoms with Crippen LogP contribution >= 0.6 is 0 Å². The van der Waals surface area contributed by atoms with E-state index in [0.29, 0.717) is 5.82 Å². The smallest absolute Gasteiger partial charge is 0.334 e. The molecule has 2 heteroatoms. The molecule has 0 N–H and O–H groups in total. The molecule has 0 heterocycles. The van der Waals surface area contributed by atoms with Gasteiger partial charge >= 0.3 is 7.56 Å². The van der Waals surface area contributed by atoms with Crippen LogP contribution in [0, 0.1) is 0 Å². The standard InChI is InChI=1S/C15H32BF/c1-3-5-7-9-11-13-15(16-17)14-12-10-8-6-4-2/h15-16H,3-14H2,1-2H3. The van der Waals surface area contributed by atoms with Gasteiger partial charge in [0.1, 0.15) is 0 Å². The van der Waals surface area contributed by atoms with Crippen molar-refractivity contribution in [3.05, 3.63) is 0 Å². The van der Waals surface area contributed by atoms with Crippen LogP contribution in [0.5, 0.6) is 0 Å². The lowest BCUT2D eigenvalue weighted by Gasteiger charge is -2.11. The van der Waals surface area contributed by atoms with Crippen LogP contribution in [-0.4, -0.2) is 7.56 Å². The lowest BCUT2D eigenvalue weighted by Crippen LogP contribution is -1.99. The van der Waals surface area contributed by atoms with Crippen molar-refractivity contribution < 1.29 is 4.32 Å². The number of hydrogen-bond donors (Lipinski definition) is 0. The highest BCUT2D eigenvalue weighted by molar-refractivity contribution is 6.28. The van der Waals surface area contributed by atoms with Gasteiger partial charge in [0, 0.05) is 0 Å². The predicted octanol–water partition coefficient (Wildman–Crippen LogP) is 5.82. The first-order valence-corrected chi connectivity index (χ1v) is 7.91. The third-order valence-electron chi connectivity index (χ3n) is 3.65. The van der Waals surface area contributed by atoms with Gasteiger partial charge in [-0.1, -0.05) is 90.9 Å². The Bertz CT molecular complexity index is 125. The molecule has 0 aliphatic heterocycles. The highest BCUT2D eigenvalue weighted by atomic mass is 19.1. The normalized spacial score (nSPS) is 11.1.